The zero-order valence-electron chi connectivity index (χ0n) is 22.7. The molecule has 3 N–H and O–H groups in total. The second kappa shape index (κ2) is 14.5. The zero-order valence-corrected chi connectivity index (χ0v) is 24.2. The van der Waals surface area contributed by atoms with Crippen molar-refractivity contribution in [2.24, 2.45) is 0 Å². The minimum atomic E-state index is -4.62. The number of ether oxygens (including phenoxy) is 1. The highest BCUT2D eigenvalue weighted by molar-refractivity contribution is 6.39. The van der Waals surface area contributed by atoms with Gasteiger partial charge in [0.15, 0.2) is 0 Å². The average Bonchev–Trinajstić information content (AvgIpc) is 2.86. The van der Waals surface area contributed by atoms with E-state index in [4.69, 9.17) is 33.0 Å². The SMILES string of the molecule is CC(Nc1cc(F)c(C(=O)NCC(=O)O)c(F)c1)C(F)(F)F.CCc1c(C)ccc(-c2c(Cl)cc(F)cc2Cl)c1OC. The maximum Gasteiger partial charge on any atom is 0.408 e. The van der Waals surface area contributed by atoms with Crippen LogP contribution in [0.3, 0.4) is 0 Å². The lowest BCUT2D eigenvalue weighted by molar-refractivity contribution is -0.138. The molecule has 1 atom stereocenters. The molecule has 0 heterocycles. The lowest BCUT2D eigenvalue weighted by atomic mass is 9.96. The summed E-state index contributed by atoms with van der Waals surface area (Å²) in [5.41, 5.74) is 2.04. The number of carbonyl (C=O) groups excluding carboxylic acids is 1. The molecule has 0 bridgehead atoms. The third kappa shape index (κ3) is 8.68. The minimum absolute atomic E-state index is 0.277. The summed E-state index contributed by atoms with van der Waals surface area (Å²) in [5, 5.41) is 12.5. The van der Waals surface area contributed by atoms with Gasteiger partial charge < -0.3 is 20.5 Å². The Morgan fingerprint density at radius 1 is 1.02 bits per heavy atom. The summed E-state index contributed by atoms with van der Waals surface area (Å²) in [4.78, 5) is 21.7. The standard InChI is InChI=1S/C16H15Cl2FO.C12H11F5N2O3/c1-4-11-9(2)5-6-12(16(11)20-3)15-13(17)7-10(19)8-14(15)18;1-5(12(15,16)17)19-6-2-7(13)10(8(14)3-6)11(22)18-4-9(20)21/h5-8H,4H2,1-3H3;2-3,5,19H,4H2,1H3,(H,18,22)(H,20,21). The number of hydrogen-bond acceptors (Lipinski definition) is 4. The van der Waals surface area contributed by atoms with Crippen molar-refractivity contribution in [2.75, 3.05) is 19.0 Å². The predicted molar refractivity (Wildman–Crippen MR) is 148 cm³/mol. The molecule has 3 aromatic rings. The Bertz CT molecular complexity index is 1420. The van der Waals surface area contributed by atoms with E-state index in [9.17, 15) is 35.9 Å². The number of alkyl halides is 3. The number of anilines is 1. The van der Waals surface area contributed by atoms with E-state index in [1.165, 1.54) is 12.1 Å². The number of aliphatic carboxylic acids is 1. The number of carbonyl (C=O) groups is 2. The van der Waals surface area contributed by atoms with Crippen molar-refractivity contribution in [1.82, 2.24) is 5.32 Å². The molecule has 0 aromatic heterocycles. The number of carboxylic acid groups (broad SMARTS) is 1. The van der Waals surface area contributed by atoms with Crippen molar-refractivity contribution < 1.29 is 45.8 Å². The van der Waals surface area contributed by atoms with Crippen molar-refractivity contribution in [2.45, 2.75) is 39.4 Å². The van der Waals surface area contributed by atoms with Crippen LogP contribution in [0.25, 0.3) is 11.1 Å². The van der Waals surface area contributed by atoms with Crippen LogP contribution < -0.4 is 15.4 Å². The number of hydrogen-bond donors (Lipinski definition) is 3. The van der Waals surface area contributed by atoms with Gasteiger partial charge in [-0.3, -0.25) is 9.59 Å². The molecule has 0 aliphatic heterocycles. The summed E-state index contributed by atoms with van der Waals surface area (Å²) < 4.78 is 83.2. The molecular weight excluding hydrogens is 613 g/mol. The van der Waals surface area contributed by atoms with Crippen molar-refractivity contribution in [3.63, 3.8) is 0 Å². The summed E-state index contributed by atoms with van der Waals surface area (Å²) in [5.74, 6) is -5.30. The Morgan fingerprint density at radius 3 is 2.02 bits per heavy atom. The molecule has 3 rings (SSSR count). The second-order valence-electron chi connectivity index (χ2n) is 8.84. The molecule has 1 unspecified atom stereocenters. The first-order chi connectivity index (χ1) is 19.5. The highest BCUT2D eigenvalue weighted by Crippen LogP contribution is 2.42. The largest absolute Gasteiger partial charge is 0.496 e. The normalized spacial score (nSPS) is 11.7. The summed E-state index contributed by atoms with van der Waals surface area (Å²) in [7, 11) is 1.61. The lowest BCUT2D eigenvalue weighted by Gasteiger charge is -2.19. The van der Waals surface area contributed by atoms with Crippen molar-refractivity contribution >= 4 is 40.8 Å². The molecule has 3 aromatic carbocycles. The molecule has 0 fully saturated rings. The van der Waals surface area contributed by atoms with Crippen LogP contribution >= 0.6 is 23.2 Å². The Kier molecular flexibility index (Phi) is 11.9. The first-order valence-corrected chi connectivity index (χ1v) is 12.9. The minimum Gasteiger partial charge on any atom is -0.496 e. The maximum absolute atomic E-state index is 13.7. The number of benzene rings is 3. The number of amides is 1. The van der Waals surface area contributed by atoms with Crippen LogP contribution in [0.15, 0.2) is 36.4 Å². The van der Waals surface area contributed by atoms with Gasteiger partial charge in [-0.15, -0.1) is 0 Å². The van der Waals surface area contributed by atoms with Gasteiger partial charge in [-0.05, 0) is 55.7 Å². The van der Waals surface area contributed by atoms with Gasteiger partial charge in [-0.2, -0.15) is 13.2 Å². The van der Waals surface area contributed by atoms with Crippen molar-refractivity contribution in [1.29, 1.82) is 0 Å². The summed E-state index contributed by atoms with van der Waals surface area (Å²) in [6, 6.07) is 5.38. The van der Waals surface area contributed by atoms with Gasteiger partial charge in [0.05, 0.1) is 17.2 Å². The van der Waals surface area contributed by atoms with E-state index in [1.54, 1.807) is 12.4 Å². The van der Waals surface area contributed by atoms with E-state index in [-0.39, 0.29) is 10.0 Å². The smallest absolute Gasteiger partial charge is 0.408 e. The molecule has 1 amide bonds. The molecule has 0 spiro atoms. The van der Waals surface area contributed by atoms with E-state index < -0.39 is 59.3 Å². The number of carboxylic acids is 1. The van der Waals surface area contributed by atoms with E-state index in [0.29, 0.717) is 17.7 Å². The molecule has 42 heavy (non-hydrogen) atoms. The topological polar surface area (TPSA) is 87.7 Å². The van der Waals surface area contributed by atoms with Crippen LogP contribution in [0.5, 0.6) is 5.75 Å². The molecule has 0 radical (unpaired) electrons. The van der Waals surface area contributed by atoms with Gasteiger partial charge in [0.2, 0.25) is 0 Å². The van der Waals surface area contributed by atoms with Gasteiger partial charge in [0, 0.05) is 16.8 Å². The quantitative estimate of drug-likeness (QED) is 0.219. The van der Waals surface area contributed by atoms with Crippen LogP contribution in [-0.4, -0.2) is 42.9 Å². The molecule has 228 valence electrons. The molecule has 0 saturated heterocycles. The fourth-order valence-corrected chi connectivity index (χ4v) is 4.51. The first-order valence-electron chi connectivity index (χ1n) is 12.1. The highest BCUT2D eigenvalue weighted by atomic mass is 35.5. The van der Waals surface area contributed by atoms with Crippen molar-refractivity contribution in [3.05, 3.63) is 80.6 Å². The van der Waals surface area contributed by atoms with E-state index in [2.05, 4.69) is 6.92 Å². The Morgan fingerprint density at radius 2 is 1.57 bits per heavy atom. The molecule has 0 aliphatic carbocycles. The molecule has 0 aliphatic rings. The number of nitrogens with one attached hydrogen (secondary N) is 2. The van der Waals surface area contributed by atoms with Gasteiger partial charge in [-0.25, -0.2) is 13.2 Å². The van der Waals surface area contributed by atoms with E-state index >= 15 is 0 Å². The summed E-state index contributed by atoms with van der Waals surface area (Å²) in [6.07, 6.45) is -3.79. The van der Waals surface area contributed by atoms with Gasteiger partial charge in [0.25, 0.3) is 5.91 Å². The summed E-state index contributed by atoms with van der Waals surface area (Å²) in [6.45, 7) is 3.98. The van der Waals surface area contributed by atoms with Crippen molar-refractivity contribution in [3.8, 4) is 16.9 Å². The number of rotatable bonds is 8. The van der Waals surface area contributed by atoms with E-state index in [1.807, 2.05) is 24.4 Å². The molecular formula is C28H26Cl2F6N2O4. The zero-order chi connectivity index (χ0) is 31.9. The number of aryl methyl sites for hydroxylation is 1. The highest BCUT2D eigenvalue weighted by Gasteiger charge is 2.36. The van der Waals surface area contributed by atoms with Gasteiger partial charge in [-0.1, -0.05) is 42.3 Å². The third-order valence-corrected chi connectivity index (χ3v) is 6.47. The number of halogens is 8. The van der Waals surface area contributed by atoms with Crippen LogP contribution in [-0.2, 0) is 11.2 Å². The Hall–Kier alpha value is -3.64. The molecule has 0 saturated carbocycles. The van der Waals surface area contributed by atoms with Crippen LogP contribution in [0.4, 0.5) is 32.0 Å². The Balaban J connectivity index is 0.000000294. The van der Waals surface area contributed by atoms with Crippen LogP contribution in [0.1, 0.15) is 35.3 Å². The Labute approximate surface area is 247 Å². The fourth-order valence-electron chi connectivity index (χ4n) is 3.84. The fraction of sp³-hybridized carbons (Fsp3) is 0.286. The van der Waals surface area contributed by atoms with Crippen LogP contribution in [0.2, 0.25) is 10.0 Å². The maximum atomic E-state index is 13.7. The third-order valence-electron chi connectivity index (χ3n) is 5.87. The number of methoxy groups -OCH3 is 1. The monoisotopic (exact) mass is 638 g/mol. The lowest BCUT2D eigenvalue weighted by Crippen LogP contribution is -2.33. The molecule has 14 heteroatoms. The first kappa shape index (κ1) is 34.6. The summed E-state index contributed by atoms with van der Waals surface area (Å²) >= 11 is 12.3. The second-order valence-corrected chi connectivity index (χ2v) is 9.65. The van der Waals surface area contributed by atoms with Crippen LogP contribution in [0, 0.1) is 24.4 Å². The van der Waals surface area contributed by atoms with Gasteiger partial charge >= 0.3 is 12.1 Å². The predicted octanol–water partition coefficient (Wildman–Crippen LogP) is 7.82. The van der Waals surface area contributed by atoms with Gasteiger partial charge in [0.1, 0.15) is 41.4 Å². The van der Waals surface area contributed by atoms with E-state index in [0.717, 1.165) is 35.8 Å². The average molecular weight is 639 g/mol. The molecule has 6 nitrogen and oxygen atoms in total.